The maximum absolute atomic E-state index is 6.20. The second kappa shape index (κ2) is 7.41. The molecule has 1 aromatic rings. The summed E-state index contributed by atoms with van der Waals surface area (Å²) in [7, 11) is 0. The lowest BCUT2D eigenvalue weighted by atomic mass is 9.99. The third kappa shape index (κ3) is 4.84. The maximum atomic E-state index is 6.20. The van der Waals surface area contributed by atoms with E-state index in [0.29, 0.717) is 5.92 Å². The van der Waals surface area contributed by atoms with Crippen molar-refractivity contribution >= 4 is 0 Å². The summed E-state index contributed by atoms with van der Waals surface area (Å²) in [5.74, 6) is 0.585. The average molecular weight is 235 g/mol. The number of likely N-dealkylation sites (N-methyl/N-ethyl adjacent to an activating group) is 1. The van der Waals surface area contributed by atoms with Gasteiger partial charge in [-0.2, -0.15) is 0 Å². The van der Waals surface area contributed by atoms with E-state index in [-0.39, 0.29) is 6.04 Å². The summed E-state index contributed by atoms with van der Waals surface area (Å²) in [6, 6.07) is 4.40. The standard InChI is InChI=1S/C14H25N3/c1-4-12(3)14(15)11-17(5-2)10-13-6-8-16-9-7-13/h6-9,12,14H,4-5,10-11,15H2,1-3H3/t12-,14+/m1/s1. The van der Waals surface area contributed by atoms with E-state index in [1.807, 2.05) is 12.4 Å². The fourth-order valence-corrected chi connectivity index (χ4v) is 1.83. The van der Waals surface area contributed by atoms with Crippen LogP contribution < -0.4 is 5.73 Å². The number of nitrogens with zero attached hydrogens (tertiary/aromatic N) is 2. The number of rotatable bonds is 7. The zero-order chi connectivity index (χ0) is 12.7. The van der Waals surface area contributed by atoms with Gasteiger partial charge in [0.25, 0.3) is 0 Å². The summed E-state index contributed by atoms with van der Waals surface area (Å²) in [4.78, 5) is 6.43. The van der Waals surface area contributed by atoms with Crippen LogP contribution in [0.15, 0.2) is 24.5 Å². The molecular weight excluding hydrogens is 210 g/mol. The molecule has 17 heavy (non-hydrogen) atoms. The van der Waals surface area contributed by atoms with Crippen molar-refractivity contribution < 1.29 is 0 Å². The minimum Gasteiger partial charge on any atom is -0.326 e. The SMILES string of the molecule is CC[C@@H](C)[C@@H](N)CN(CC)Cc1ccncc1. The Morgan fingerprint density at radius 2 is 1.94 bits per heavy atom. The van der Waals surface area contributed by atoms with Crippen LogP contribution in [-0.2, 0) is 6.54 Å². The van der Waals surface area contributed by atoms with Gasteiger partial charge in [0, 0.05) is 31.5 Å². The molecule has 0 aromatic carbocycles. The lowest BCUT2D eigenvalue weighted by Crippen LogP contribution is -2.41. The molecular formula is C14H25N3. The first-order valence-electron chi connectivity index (χ1n) is 6.54. The van der Waals surface area contributed by atoms with Crippen LogP contribution in [0.2, 0.25) is 0 Å². The molecule has 0 saturated carbocycles. The molecule has 0 saturated heterocycles. The molecule has 3 nitrogen and oxygen atoms in total. The molecule has 0 amide bonds. The van der Waals surface area contributed by atoms with Crippen LogP contribution in [0.3, 0.4) is 0 Å². The van der Waals surface area contributed by atoms with Gasteiger partial charge in [-0.25, -0.2) is 0 Å². The predicted molar refractivity (Wildman–Crippen MR) is 72.6 cm³/mol. The lowest BCUT2D eigenvalue weighted by Gasteiger charge is -2.27. The lowest BCUT2D eigenvalue weighted by molar-refractivity contribution is 0.234. The van der Waals surface area contributed by atoms with Gasteiger partial charge in [-0.1, -0.05) is 27.2 Å². The van der Waals surface area contributed by atoms with E-state index in [9.17, 15) is 0 Å². The van der Waals surface area contributed by atoms with Crippen molar-refractivity contribution in [3.63, 3.8) is 0 Å². The highest BCUT2D eigenvalue weighted by Crippen LogP contribution is 2.09. The van der Waals surface area contributed by atoms with Gasteiger partial charge in [0.1, 0.15) is 0 Å². The molecule has 0 bridgehead atoms. The zero-order valence-corrected chi connectivity index (χ0v) is 11.3. The summed E-state index contributed by atoms with van der Waals surface area (Å²) in [5, 5.41) is 0. The van der Waals surface area contributed by atoms with Crippen molar-refractivity contribution in [3.05, 3.63) is 30.1 Å². The van der Waals surface area contributed by atoms with Crippen molar-refractivity contribution in [1.82, 2.24) is 9.88 Å². The minimum absolute atomic E-state index is 0.266. The highest BCUT2D eigenvalue weighted by molar-refractivity contribution is 5.09. The Morgan fingerprint density at radius 3 is 2.47 bits per heavy atom. The van der Waals surface area contributed by atoms with Gasteiger partial charge in [-0.15, -0.1) is 0 Å². The molecule has 0 aliphatic carbocycles. The van der Waals surface area contributed by atoms with Crippen molar-refractivity contribution in [3.8, 4) is 0 Å². The van der Waals surface area contributed by atoms with Crippen LogP contribution in [0.25, 0.3) is 0 Å². The summed E-state index contributed by atoms with van der Waals surface area (Å²) < 4.78 is 0. The van der Waals surface area contributed by atoms with Crippen LogP contribution in [0, 0.1) is 5.92 Å². The third-order valence-electron chi connectivity index (χ3n) is 3.45. The Kier molecular flexibility index (Phi) is 6.16. The molecule has 1 aromatic heterocycles. The Morgan fingerprint density at radius 1 is 1.29 bits per heavy atom. The Labute approximate surface area is 105 Å². The normalized spacial score (nSPS) is 14.9. The van der Waals surface area contributed by atoms with E-state index < -0.39 is 0 Å². The van der Waals surface area contributed by atoms with Gasteiger partial charge in [-0.05, 0) is 30.2 Å². The van der Waals surface area contributed by atoms with Crippen molar-refractivity contribution in [1.29, 1.82) is 0 Å². The summed E-state index contributed by atoms with van der Waals surface area (Å²) >= 11 is 0. The van der Waals surface area contributed by atoms with Gasteiger partial charge in [0.2, 0.25) is 0 Å². The molecule has 0 aliphatic heterocycles. The molecule has 3 heteroatoms. The first-order valence-corrected chi connectivity index (χ1v) is 6.54. The van der Waals surface area contributed by atoms with Gasteiger partial charge in [-0.3, -0.25) is 9.88 Å². The summed E-state index contributed by atoms with van der Waals surface area (Å²) in [5.41, 5.74) is 7.51. The van der Waals surface area contributed by atoms with Crippen LogP contribution in [-0.4, -0.2) is 29.0 Å². The van der Waals surface area contributed by atoms with E-state index in [0.717, 1.165) is 26.1 Å². The van der Waals surface area contributed by atoms with E-state index in [2.05, 4.69) is 42.8 Å². The number of aromatic nitrogens is 1. The highest BCUT2D eigenvalue weighted by Gasteiger charge is 2.14. The summed E-state index contributed by atoms with van der Waals surface area (Å²) in [6.45, 7) is 9.57. The van der Waals surface area contributed by atoms with E-state index in [1.165, 1.54) is 5.56 Å². The van der Waals surface area contributed by atoms with E-state index in [1.54, 1.807) is 0 Å². The molecule has 0 unspecified atom stereocenters. The smallest absolute Gasteiger partial charge is 0.0271 e. The molecule has 0 spiro atoms. The van der Waals surface area contributed by atoms with Crippen LogP contribution >= 0.6 is 0 Å². The molecule has 0 aliphatic rings. The quantitative estimate of drug-likeness (QED) is 0.788. The molecule has 0 radical (unpaired) electrons. The number of hydrogen-bond acceptors (Lipinski definition) is 3. The molecule has 96 valence electrons. The second-order valence-electron chi connectivity index (χ2n) is 4.73. The topological polar surface area (TPSA) is 42.1 Å². The van der Waals surface area contributed by atoms with Gasteiger partial charge in [0.05, 0.1) is 0 Å². The largest absolute Gasteiger partial charge is 0.326 e. The van der Waals surface area contributed by atoms with E-state index >= 15 is 0 Å². The van der Waals surface area contributed by atoms with Crippen molar-refractivity contribution in [2.75, 3.05) is 13.1 Å². The van der Waals surface area contributed by atoms with Crippen LogP contribution in [0.1, 0.15) is 32.8 Å². The third-order valence-corrected chi connectivity index (χ3v) is 3.45. The number of pyridine rings is 1. The first kappa shape index (κ1) is 14.1. The van der Waals surface area contributed by atoms with Crippen molar-refractivity contribution in [2.45, 2.75) is 39.8 Å². The van der Waals surface area contributed by atoms with E-state index in [4.69, 9.17) is 5.73 Å². The molecule has 1 rings (SSSR count). The number of hydrogen-bond donors (Lipinski definition) is 1. The Balaban J connectivity index is 2.49. The van der Waals surface area contributed by atoms with Crippen molar-refractivity contribution in [2.24, 2.45) is 11.7 Å². The molecule has 0 fully saturated rings. The monoisotopic (exact) mass is 235 g/mol. The molecule has 1 heterocycles. The van der Waals surface area contributed by atoms with Gasteiger partial charge in [0.15, 0.2) is 0 Å². The predicted octanol–water partition coefficient (Wildman–Crippen LogP) is 2.28. The number of nitrogens with two attached hydrogens (primary N) is 1. The van der Waals surface area contributed by atoms with Gasteiger partial charge < -0.3 is 5.73 Å². The molecule has 2 N–H and O–H groups in total. The second-order valence-corrected chi connectivity index (χ2v) is 4.73. The Hall–Kier alpha value is -0.930. The zero-order valence-electron chi connectivity index (χ0n) is 11.3. The average Bonchev–Trinajstić information content (AvgIpc) is 2.38. The fraction of sp³-hybridized carbons (Fsp3) is 0.643. The fourth-order valence-electron chi connectivity index (χ4n) is 1.83. The Bertz CT molecular complexity index is 300. The minimum atomic E-state index is 0.266. The maximum Gasteiger partial charge on any atom is 0.0271 e. The highest BCUT2D eigenvalue weighted by atomic mass is 15.1. The summed E-state index contributed by atoms with van der Waals surface area (Å²) in [6.07, 6.45) is 4.84. The van der Waals surface area contributed by atoms with Crippen LogP contribution in [0.5, 0.6) is 0 Å². The van der Waals surface area contributed by atoms with Gasteiger partial charge >= 0.3 is 0 Å². The first-order chi connectivity index (χ1) is 8.17. The van der Waals surface area contributed by atoms with Crippen LogP contribution in [0.4, 0.5) is 0 Å². The molecule has 2 atom stereocenters.